The van der Waals surface area contributed by atoms with Crippen LogP contribution in [0.1, 0.15) is 42.4 Å². The fraction of sp³-hybridized carbons (Fsp3) is 0.444. The Labute approximate surface area is 154 Å². The molecule has 3 aromatic rings. The van der Waals surface area contributed by atoms with Crippen molar-refractivity contribution in [2.24, 2.45) is 0 Å². The Kier molecular flexibility index (Phi) is 4.58. The summed E-state index contributed by atoms with van der Waals surface area (Å²) in [7, 11) is 0. The van der Waals surface area contributed by atoms with Crippen molar-refractivity contribution in [2.45, 2.75) is 51.7 Å². The van der Waals surface area contributed by atoms with Crippen molar-refractivity contribution in [3.63, 3.8) is 0 Å². The Hall–Kier alpha value is -2.48. The number of hydrogen-bond acceptors (Lipinski definition) is 5. The lowest BCUT2D eigenvalue weighted by Gasteiger charge is -2.16. The molecule has 1 unspecified atom stereocenters. The second kappa shape index (κ2) is 7.03. The zero-order valence-corrected chi connectivity index (χ0v) is 15.5. The van der Waals surface area contributed by atoms with Crippen LogP contribution in [0, 0.1) is 0 Å². The molecule has 0 saturated heterocycles. The molecule has 136 valence electrons. The highest BCUT2D eigenvalue weighted by atomic mass is 32.1. The Morgan fingerprint density at radius 3 is 3.12 bits per heavy atom. The molecule has 0 radical (unpaired) electrons. The van der Waals surface area contributed by atoms with Gasteiger partial charge in [-0.05, 0) is 31.4 Å². The molecule has 4 rings (SSSR count). The molecule has 1 N–H and O–H groups in total. The van der Waals surface area contributed by atoms with Crippen molar-refractivity contribution in [2.75, 3.05) is 0 Å². The van der Waals surface area contributed by atoms with E-state index in [9.17, 15) is 9.59 Å². The summed E-state index contributed by atoms with van der Waals surface area (Å²) in [5.74, 6) is 0.748. The van der Waals surface area contributed by atoms with E-state index < -0.39 is 0 Å². The zero-order valence-electron chi connectivity index (χ0n) is 14.6. The van der Waals surface area contributed by atoms with E-state index in [0.717, 1.165) is 35.3 Å². The molecule has 1 aliphatic heterocycles. The van der Waals surface area contributed by atoms with Crippen molar-refractivity contribution in [1.82, 2.24) is 24.6 Å². The fourth-order valence-electron chi connectivity index (χ4n) is 3.46. The number of rotatable bonds is 4. The number of benzene rings is 1. The molecule has 2 aromatic heterocycles. The highest BCUT2D eigenvalue weighted by molar-refractivity contribution is 7.17. The van der Waals surface area contributed by atoms with Gasteiger partial charge in [0.1, 0.15) is 5.82 Å². The monoisotopic (exact) mass is 371 g/mol. The van der Waals surface area contributed by atoms with Gasteiger partial charge < -0.3 is 5.32 Å². The van der Waals surface area contributed by atoms with Crippen LogP contribution >= 0.6 is 11.3 Å². The molecule has 7 nitrogen and oxygen atoms in total. The van der Waals surface area contributed by atoms with Crippen LogP contribution < -0.4 is 11.0 Å². The highest BCUT2D eigenvalue weighted by Crippen LogP contribution is 2.22. The average molecular weight is 371 g/mol. The average Bonchev–Trinajstić information content (AvgIpc) is 3.17. The van der Waals surface area contributed by atoms with Crippen LogP contribution in [0.25, 0.3) is 10.2 Å². The number of nitrogens with zero attached hydrogens (tertiary/aromatic N) is 4. The van der Waals surface area contributed by atoms with E-state index in [1.54, 1.807) is 14.8 Å². The van der Waals surface area contributed by atoms with Gasteiger partial charge in [-0.15, -0.1) is 11.3 Å². The van der Waals surface area contributed by atoms with Gasteiger partial charge in [-0.1, -0.05) is 13.0 Å². The molecular formula is C18H21N5O2S. The van der Waals surface area contributed by atoms with Crippen LogP contribution in [0.3, 0.4) is 0 Å². The number of thiazole rings is 1. The van der Waals surface area contributed by atoms with E-state index in [2.05, 4.69) is 15.4 Å². The Morgan fingerprint density at radius 2 is 2.27 bits per heavy atom. The molecule has 1 amide bonds. The number of hydrogen-bond donors (Lipinski definition) is 1. The molecule has 0 spiro atoms. The molecule has 1 atom stereocenters. The van der Waals surface area contributed by atoms with E-state index in [-0.39, 0.29) is 17.6 Å². The molecule has 0 bridgehead atoms. The molecule has 26 heavy (non-hydrogen) atoms. The van der Waals surface area contributed by atoms with Gasteiger partial charge >= 0.3 is 5.69 Å². The number of aryl methyl sites for hydroxylation is 2. The van der Waals surface area contributed by atoms with Gasteiger partial charge in [0.05, 0.1) is 21.3 Å². The predicted octanol–water partition coefficient (Wildman–Crippen LogP) is 2.20. The van der Waals surface area contributed by atoms with E-state index in [1.165, 1.54) is 11.3 Å². The molecule has 3 heterocycles. The molecule has 8 heteroatoms. The maximum atomic E-state index is 12.7. The van der Waals surface area contributed by atoms with Crippen LogP contribution in [-0.2, 0) is 19.5 Å². The molecule has 0 aliphatic carbocycles. The summed E-state index contributed by atoms with van der Waals surface area (Å²) in [6.45, 7) is 3.28. The predicted molar refractivity (Wildman–Crippen MR) is 101 cm³/mol. The molecule has 0 fully saturated rings. The van der Waals surface area contributed by atoms with Crippen LogP contribution in [0.2, 0.25) is 0 Å². The van der Waals surface area contributed by atoms with Crippen molar-refractivity contribution >= 4 is 27.5 Å². The van der Waals surface area contributed by atoms with Gasteiger partial charge in [0, 0.05) is 25.6 Å². The zero-order chi connectivity index (χ0) is 18.1. The topological polar surface area (TPSA) is 81.8 Å². The molecule has 1 aliphatic rings. The van der Waals surface area contributed by atoms with Crippen LogP contribution in [0.15, 0.2) is 28.5 Å². The second-order valence-corrected chi connectivity index (χ2v) is 7.43. The van der Waals surface area contributed by atoms with Gasteiger partial charge in [0.2, 0.25) is 0 Å². The lowest BCUT2D eigenvalue weighted by atomic mass is 10.1. The third-order valence-corrected chi connectivity index (χ3v) is 5.66. The standard InChI is InChI=1S/C18H21N5O2S/c1-2-9-23-18(25)22-10-8-12(6-7-15(22)21-23)20-17(24)13-4-3-5-14-16(13)26-11-19-14/h3-5,11-12H,2,6-10H2,1H3,(H,20,24). The van der Waals surface area contributed by atoms with E-state index in [4.69, 9.17) is 0 Å². The third kappa shape index (κ3) is 3.05. The number of aromatic nitrogens is 4. The number of carbonyl (C=O) groups excluding carboxylic acids is 1. The summed E-state index contributed by atoms with van der Waals surface area (Å²) >= 11 is 1.48. The molecule has 1 aromatic carbocycles. The van der Waals surface area contributed by atoms with Crippen molar-refractivity contribution in [3.8, 4) is 0 Å². The number of nitrogens with one attached hydrogen (secondary N) is 1. The number of amides is 1. The quantitative estimate of drug-likeness (QED) is 0.762. The van der Waals surface area contributed by atoms with Crippen molar-refractivity contribution in [3.05, 3.63) is 45.6 Å². The summed E-state index contributed by atoms with van der Waals surface area (Å²) in [5, 5.41) is 7.58. The minimum Gasteiger partial charge on any atom is -0.349 e. The normalized spacial score (nSPS) is 17.0. The van der Waals surface area contributed by atoms with Crippen LogP contribution in [0.5, 0.6) is 0 Å². The SMILES string of the molecule is CCCn1nc2n(c1=O)CCC(NC(=O)c1cccc3ncsc13)CC2. The minimum absolute atomic E-state index is 0.0337. The lowest BCUT2D eigenvalue weighted by Crippen LogP contribution is -2.35. The summed E-state index contributed by atoms with van der Waals surface area (Å²) in [5.41, 5.74) is 3.23. The first kappa shape index (κ1) is 17.0. The van der Waals surface area contributed by atoms with E-state index in [0.29, 0.717) is 25.1 Å². The van der Waals surface area contributed by atoms with Crippen LogP contribution in [0.4, 0.5) is 0 Å². The Bertz CT molecular complexity index is 1000. The number of fused-ring (bicyclic) bond motifs is 2. The minimum atomic E-state index is -0.0761. The first-order valence-electron chi connectivity index (χ1n) is 8.97. The first-order chi connectivity index (χ1) is 12.7. The Morgan fingerprint density at radius 1 is 1.38 bits per heavy atom. The number of carbonyl (C=O) groups is 1. The maximum Gasteiger partial charge on any atom is 0.345 e. The highest BCUT2D eigenvalue weighted by Gasteiger charge is 2.23. The largest absolute Gasteiger partial charge is 0.349 e. The van der Waals surface area contributed by atoms with Gasteiger partial charge in [-0.3, -0.25) is 9.36 Å². The summed E-state index contributed by atoms with van der Waals surface area (Å²) < 4.78 is 4.22. The Balaban J connectivity index is 1.48. The maximum absolute atomic E-state index is 12.7. The summed E-state index contributed by atoms with van der Waals surface area (Å²) in [6.07, 6.45) is 3.10. The molecule has 0 saturated carbocycles. The van der Waals surface area contributed by atoms with Gasteiger partial charge in [0.25, 0.3) is 5.91 Å². The van der Waals surface area contributed by atoms with Crippen molar-refractivity contribution < 1.29 is 4.79 Å². The van der Waals surface area contributed by atoms with E-state index in [1.807, 2.05) is 25.1 Å². The second-order valence-electron chi connectivity index (χ2n) is 6.58. The van der Waals surface area contributed by atoms with E-state index >= 15 is 0 Å². The van der Waals surface area contributed by atoms with Gasteiger partial charge in [-0.2, -0.15) is 5.10 Å². The first-order valence-corrected chi connectivity index (χ1v) is 9.85. The lowest BCUT2D eigenvalue weighted by molar-refractivity contribution is 0.0934. The summed E-state index contributed by atoms with van der Waals surface area (Å²) in [6, 6.07) is 5.64. The summed E-state index contributed by atoms with van der Waals surface area (Å²) in [4.78, 5) is 29.4. The van der Waals surface area contributed by atoms with Gasteiger partial charge in [-0.25, -0.2) is 14.5 Å². The van der Waals surface area contributed by atoms with Crippen molar-refractivity contribution in [1.29, 1.82) is 0 Å². The third-order valence-electron chi connectivity index (χ3n) is 4.79. The van der Waals surface area contributed by atoms with Gasteiger partial charge in [0.15, 0.2) is 0 Å². The molecular weight excluding hydrogens is 350 g/mol. The fourth-order valence-corrected chi connectivity index (χ4v) is 4.26. The van der Waals surface area contributed by atoms with Crippen LogP contribution in [-0.4, -0.2) is 31.3 Å². The smallest absolute Gasteiger partial charge is 0.345 e.